The van der Waals surface area contributed by atoms with Gasteiger partial charge in [-0.05, 0) is 65.6 Å². The summed E-state index contributed by atoms with van der Waals surface area (Å²) in [6.45, 7) is 9.60. The molecule has 114 valence electrons. The van der Waals surface area contributed by atoms with Crippen molar-refractivity contribution in [1.82, 2.24) is 9.80 Å². The molecule has 0 aromatic heterocycles. The topological polar surface area (TPSA) is 15.7 Å². The zero-order valence-electron chi connectivity index (χ0n) is 13.7. The van der Waals surface area contributed by atoms with E-state index in [1.54, 1.807) is 0 Å². The highest BCUT2D eigenvalue weighted by Crippen LogP contribution is 2.44. The maximum absolute atomic E-state index is 5.90. The second kappa shape index (κ2) is 6.47. The minimum Gasteiger partial charge on any atom is -0.376 e. The predicted molar refractivity (Wildman–Crippen MR) is 83.7 cm³/mol. The first kappa shape index (κ1) is 15.8. The Morgan fingerprint density at radius 3 is 2.70 bits per heavy atom. The Bertz CT molecular complexity index is 376. The van der Waals surface area contributed by atoms with E-state index in [1.807, 2.05) is 0 Å². The highest BCUT2D eigenvalue weighted by Gasteiger charge is 2.43. The Morgan fingerprint density at radius 1 is 1.20 bits per heavy atom. The Kier molecular flexibility index (Phi) is 5.12. The maximum atomic E-state index is 5.90. The van der Waals surface area contributed by atoms with Crippen LogP contribution in [0.3, 0.4) is 0 Å². The van der Waals surface area contributed by atoms with Crippen LogP contribution in [0.5, 0.6) is 0 Å². The number of hydrogen-bond donors (Lipinski definition) is 0. The molecule has 2 saturated heterocycles. The monoisotopic (exact) mass is 278 g/mol. The number of piperidine rings is 1. The molecule has 2 aliphatic heterocycles. The second-order valence-corrected chi connectivity index (χ2v) is 7.44. The van der Waals surface area contributed by atoms with Crippen molar-refractivity contribution in [2.75, 3.05) is 46.9 Å². The molecule has 2 aliphatic rings. The summed E-state index contributed by atoms with van der Waals surface area (Å²) in [5, 5.41) is 0. The van der Waals surface area contributed by atoms with Gasteiger partial charge in [-0.2, -0.15) is 0 Å². The van der Waals surface area contributed by atoms with E-state index in [1.165, 1.54) is 38.8 Å². The molecule has 0 radical (unpaired) electrons. The van der Waals surface area contributed by atoms with Gasteiger partial charge in [0.1, 0.15) is 0 Å². The van der Waals surface area contributed by atoms with Crippen LogP contribution in [0.1, 0.15) is 39.5 Å². The standard InChI is InChI=1S/C17H30N2O/c1-16(2)14-17(9-13-20-16)8-7-12-19(15-17)11-6-5-10-18(3)4/h7-15H2,1-4H3. The molecule has 0 amide bonds. The smallest absolute Gasteiger partial charge is 0.0632 e. The van der Waals surface area contributed by atoms with Crippen LogP contribution in [0.4, 0.5) is 0 Å². The Labute approximate surface area is 124 Å². The van der Waals surface area contributed by atoms with Crippen molar-refractivity contribution in [1.29, 1.82) is 0 Å². The van der Waals surface area contributed by atoms with Gasteiger partial charge in [-0.15, -0.1) is 0 Å². The molecule has 1 unspecified atom stereocenters. The van der Waals surface area contributed by atoms with Gasteiger partial charge in [0.15, 0.2) is 0 Å². The Balaban J connectivity index is 1.89. The molecular formula is C17H30N2O. The molecule has 0 N–H and O–H groups in total. The molecule has 2 fully saturated rings. The van der Waals surface area contributed by atoms with Crippen LogP contribution in [0.25, 0.3) is 0 Å². The zero-order chi connectivity index (χ0) is 14.6. The van der Waals surface area contributed by atoms with Crippen LogP contribution in [0.15, 0.2) is 0 Å². The molecule has 0 saturated carbocycles. The van der Waals surface area contributed by atoms with Gasteiger partial charge in [0.25, 0.3) is 0 Å². The van der Waals surface area contributed by atoms with Crippen molar-refractivity contribution in [3.8, 4) is 11.8 Å². The van der Waals surface area contributed by atoms with Gasteiger partial charge < -0.3 is 4.74 Å². The highest BCUT2D eigenvalue weighted by atomic mass is 16.5. The summed E-state index contributed by atoms with van der Waals surface area (Å²) in [7, 11) is 4.13. The van der Waals surface area contributed by atoms with Crippen molar-refractivity contribution in [2.24, 2.45) is 5.41 Å². The lowest BCUT2D eigenvalue weighted by Crippen LogP contribution is -2.50. The van der Waals surface area contributed by atoms with Gasteiger partial charge in [0.2, 0.25) is 0 Å². The molecule has 1 spiro atoms. The third-order valence-corrected chi connectivity index (χ3v) is 4.49. The lowest BCUT2D eigenvalue weighted by molar-refractivity contribution is -0.121. The number of ether oxygens (including phenoxy) is 1. The molecule has 3 nitrogen and oxygen atoms in total. The lowest BCUT2D eigenvalue weighted by atomic mass is 9.69. The minimum absolute atomic E-state index is 0.0534. The van der Waals surface area contributed by atoms with Crippen molar-refractivity contribution < 1.29 is 4.74 Å². The first-order chi connectivity index (χ1) is 9.41. The largest absolute Gasteiger partial charge is 0.376 e. The van der Waals surface area contributed by atoms with Gasteiger partial charge in [0.05, 0.1) is 18.7 Å². The maximum Gasteiger partial charge on any atom is 0.0632 e. The first-order valence-corrected chi connectivity index (χ1v) is 7.88. The second-order valence-electron chi connectivity index (χ2n) is 7.44. The number of rotatable bonds is 2. The number of hydrogen-bond acceptors (Lipinski definition) is 3. The summed E-state index contributed by atoms with van der Waals surface area (Å²) in [6.07, 6.45) is 5.09. The van der Waals surface area contributed by atoms with Crippen LogP contribution < -0.4 is 0 Å². The third-order valence-electron chi connectivity index (χ3n) is 4.49. The summed E-state index contributed by atoms with van der Waals surface area (Å²) < 4.78 is 5.90. The molecule has 1 atom stereocenters. The van der Waals surface area contributed by atoms with Crippen molar-refractivity contribution in [2.45, 2.75) is 45.1 Å². The normalized spacial score (nSPS) is 30.2. The fourth-order valence-corrected chi connectivity index (χ4v) is 3.76. The van der Waals surface area contributed by atoms with E-state index in [4.69, 9.17) is 4.74 Å². The molecule has 3 heteroatoms. The minimum atomic E-state index is 0.0534. The number of likely N-dealkylation sites (tertiary alicyclic amines) is 1. The molecule has 2 heterocycles. The first-order valence-electron chi connectivity index (χ1n) is 7.88. The van der Waals surface area contributed by atoms with E-state index in [2.05, 4.69) is 49.6 Å². The van der Waals surface area contributed by atoms with Gasteiger partial charge >= 0.3 is 0 Å². The molecular weight excluding hydrogens is 248 g/mol. The average Bonchev–Trinajstić information content (AvgIpc) is 2.33. The van der Waals surface area contributed by atoms with E-state index in [9.17, 15) is 0 Å². The fourth-order valence-electron chi connectivity index (χ4n) is 3.76. The van der Waals surface area contributed by atoms with Gasteiger partial charge in [-0.25, -0.2) is 0 Å². The van der Waals surface area contributed by atoms with E-state index in [0.29, 0.717) is 5.41 Å². The van der Waals surface area contributed by atoms with Crippen LogP contribution in [0, 0.1) is 17.3 Å². The van der Waals surface area contributed by atoms with E-state index in [0.717, 1.165) is 19.7 Å². The highest BCUT2D eigenvalue weighted by molar-refractivity contribution is 5.04. The summed E-state index contributed by atoms with van der Waals surface area (Å²) in [5.74, 6) is 6.58. The summed E-state index contributed by atoms with van der Waals surface area (Å²) in [5.41, 5.74) is 0.529. The molecule has 20 heavy (non-hydrogen) atoms. The third kappa shape index (κ3) is 4.48. The van der Waals surface area contributed by atoms with E-state index < -0.39 is 0 Å². The summed E-state index contributed by atoms with van der Waals surface area (Å²) >= 11 is 0. The van der Waals surface area contributed by atoms with Crippen LogP contribution in [-0.2, 0) is 4.74 Å². The summed E-state index contributed by atoms with van der Waals surface area (Å²) in [4.78, 5) is 4.67. The fraction of sp³-hybridized carbons (Fsp3) is 0.882. The van der Waals surface area contributed by atoms with Crippen molar-refractivity contribution >= 4 is 0 Å². The van der Waals surface area contributed by atoms with Gasteiger partial charge in [0, 0.05) is 13.2 Å². The van der Waals surface area contributed by atoms with E-state index in [-0.39, 0.29) is 5.60 Å². The summed E-state index contributed by atoms with van der Waals surface area (Å²) in [6, 6.07) is 0. The van der Waals surface area contributed by atoms with Crippen LogP contribution >= 0.6 is 0 Å². The molecule has 0 aromatic rings. The quantitative estimate of drug-likeness (QED) is 0.720. The van der Waals surface area contributed by atoms with Crippen LogP contribution in [-0.4, -0.2) is 62.3 Å². The van der Waals surface area contributed by atoms with Crippen LogP contribution in [0.2, 0.25) is 0 Å². The SMILES string of the molecule is CN(C)CC#CCN1CCCC2(CCOC(C)(C)C2)C1. The molecule has 2 rings (SSSR count). The Morgan fingerprint density at radius 2 is 2.00 bits per heavy atom. The van der Waals surface area contributed by atoms with Crippen molar-refractivity contribution in [3.63, 3.8) is 0 Å². The zero-order valence-corrected chi connectivity index (χ0v) is 13.7. The predicted octanol–water partition coefficient (Wildman–Crippen LogP) is 2.22. The van der Waals surface area contributed by atoms with Gasteiger partial charge in [-0.3, -0.25) is 9.80 Å². The van der Waals surface area contributed by atoms with Gasteiger partial charge in [-0.1, -0.05) is 11.8 Å². The van der Waals surface area contributed by atoms with E-state index >= 15 is 0 Å². The molecule has 0 aromatic carbocycles. The molecule has 0 bridgehead atoms. The molecule has 0 aliphatic carbocycles. The van der Waals surface area contributed by atoms with Crippen molar-refractivity contribution in [3.05, 3.63) is 0 Å². The number of nitrogens with zero attached hydrogens (tertiary/aromatic N) is 2. The lowest BCUT2D eigenvalue weighted by Gasteiger charge is -2.49. The average molecular weight is 278 g/mol. The Hall–Kier alpha value is -0.560.